The molecule has 4 aromatic carbocycles. The van der Waals surface area contributed by atoms with Gasteiger partial charge in [0.15, 0.2) is 0 Å². The molecule has 0 bridgehead atoms. The first-order chi connectivity index (χ1) is 15.3. The van der Waals surface area contributed by atoms with Gasteiger partial charge >= 0.3 is 0 Å². The summed E-state index contributed by atoms with van der Waals surface area (Å²) < 4.78 is 0. The Bertz CT molecular complexity index is 1110. The molecule has 0 spiro atoms. The standard InChI is InChI=1S/C28H25N2P/c1-24(29-30-25-14-6-2-7-15-25)22-23-31(26-16-8-3-9-17-26,27-18-10-4-11-19-27)28-20-12-5-13-21-28/h2-23H,1H3. The van der Waals surface area contributed by atoms with Crippen molar-refractivity contribution in [3.63, 3.8) is 0 Å². The monoisotopic (exact) mass is 420 g/mol. The van der Waals surface area contributed by atoms with Crippen molar-refractivity contribution < 1.29 is 0 Å². The number of hydrogen-bond donors (Lipinski definition) is 0. The van der Waals surface area contributed by atoms with E-state index in [9.17, 15) is 0 Å². The highest BCUT2D eigenvalue weighted by Crippen LogP contribution is 2.43. The minimum atomic E-state index is -2.01. The number of hydrogen-bond acceptors (Lipinski definition) is 2. The summed E-state index contributed by atoms with van der Waals surface area (Å²) in [5.74, 6) is 2.35. The van der Waals surface area contributed by atoms with E-state index in [1.54, 1.807) is 0 Å². The Labute approximate surface area is 184 Å². The maximum absolute atomic E-state index is 4.45. The first-order valence-corrected chi connectivity index (χ1v) is 12.2. The number of azo groups is 1. The average molecular weight is 420 g/mol. The molecule has 0 amide bonds. The van der Waals surface area contributed by atoms with Crippen LogP contribution in [-0.4, -0.2) is 5.80 Å². The maximum atomic E-state index is 4.45. The summed E-state index contributed by atoms with van der Waals surface area (Å²) in [5.41, 5.74) is 1.72. The molecule has 0 radical (unpaired) electrons. The number of rotatable bonds is 6. The fourth-order valence-electron chi connectivity index (χ4n) is 3.58. The molecule has 0 aliphatic heterocycles. The lowest BCUT2D eigenvalue weighted by Crippen LogP contribution is -2.26. The molecular formula is C28H25N2P. The van der Waals surface area contributed by atoms with Crippen LogP contribution in [0, 0.1) is 0 Å². The van der Waals surface area contributed by atoms with Crippen LogP contribution in [0.3, 0.4) is 0 Å². The highest BCUT2D eigenvalue weighted by atomic mass is 31.2. The van der Waals surface area contributed by atoms with E-state index in [0.29, 0.717) is 0 Å². The van der Waals surface area contributed by atoms with Gasteiger partial charge in [0.05, 0.1) is 11.4 Å². The second-order valence-corrected chi connectivity index (χ2v) is 10.5. The van der Waals surface area contributed by atoms with Crippen LogP contribution in [0.25, 0.3) is 0 Å². The molecule has 0 aliphatic rings. The average Bonchev–Trinajstić information content (AvgIpc) is 2.86. The van der Waals surface area contributed by atoms with Crippen molar-refractivity contribution in [1.29, 1.82) is 0 Å². The van der Waals surface area contributed by atoms with Gasteiger partial charge in [0.25, 0.3) is 0 Å². The molecule has 2 nitrogen and oxygen atoms in total. The van der Waals surface area contributed by atoms with Crippen LogP contribution >= 0.6 is 6.89 Å². The van der Waals surface area contributed by atoms with Crippen LogP contribution in [-0.2, 0) is 0 Å². The minimum absolute atomic E-state index is 0.852. The van der Waals surface area contributed by atoms with Crippen molar-refractivity contribution in [2.24, 2.45) is 10.2 Å². The van der Waals surface area contributed by atoms with E-state index in [0.717, 1.165) is 11.4 Å². The van der Waals surface area contributed by atoms with E-state index in [1.807, 2.05) is 37.3 Å². The molecule has 152 valence electrons. The molecule has 0 unspecified atom stereocenters. The van der Waals surface area contributed by atoms with E-state index in [4.69, 9.17) is 0 Å². The molecule has 0 saturated carbocycles. The summed E-state index contributed by atoms with van der Waals surface area (Å²) in [6.07, 6.45) is 2.12. The molecule has 0 aromatic heterocycles. The Kier molecular flexibility index (Phi) is 6.72. The summed E-state index contributed by atoms with van der Waals surface area (Å²) in [4.78, 5) is 0. The lowest BCUT2D eigenvalue weighted by atomic mass is 10.3. The van der Waals surface area contributed by atoms with E-state index < -0.39 is 6.89 Å². The first-order valence-electron chi connectivity index (χ1n) is 10.3. The lowest BCUT2D eigenvalue weighted by Gasteiger charge is -2.28. The Hall–Kier alpha value is -3.48. The number of benzene rings is 4. The van der Waals surface area contributed by atoms with Gasteiger partial charge in [-0.3, -0.25) is 0 Å². The molecule has 0 atom stereocenters. The van der Waals surface area contributed by atoms with Gasteiger partial charge in [0.2, 0.25) is 0 Å². The molecular weight excluding hydrogens is 395 g/mol. The molecule has 0 saturated heterocycles. The highest BCUT2D eigenvalue weighted by molar-refractivity contribution is 7.94. The summed E-state index contributed by atoms with van der Waals surface area (Å²) in [6, 6.07) is 42.2. The molecule has 31 heavy (non-hydrogen) atoms. The van der Waals surface area contributed by atoms with E-state index in [2.05, 4.69) is 113 Å². The second-order valence-electron chi connectivity index (χ2n) is 7.22. The van der Waals surface area contributed by atoms with E-state index >= 15 is 0 Å². The molecule has 0 aliphatic carbocycles. The van der Waals surface area contributed by atoms with Crippen molar-refractivity contribution >= 4 is 34.3 Å². The van der Waals surface area contributed by atoms with Gasteiger partial charge in [0.1, 0.15) is 0 Å². The minimum Gasteiger partial charge on any atom is -0.155 e. The quantitative estimate of drug-likeness (QED) is 0.252. The Morgan fingerprint density at radius 1 is 0.581 bits per heavy atom. The number of nitrogens with zero attached hydrogens (tertiary/aromatic N) is 2. The predicted molar refractivity (Wildman–Crippen MR) is 136 cm³/mol. The summed E-state index contributed by atoms with van der Waals surface area (Å²) in [6.45, 7) is -0.00721. The largest absolute Gasteiger partial charge is 0.155 e. The summed E-state index contributed by atoms with van der Waals surface area (Å²) in [5, 5.41) is 12.8. The molecule has 0 fully saturated rings. The van der Waals surface area contributed by atoms with Gasteiger partial charge in [-0.1, -0.05) is 115 Å². The number of allylic oxidation sites excluding steroid dienone is 2. The normalized spacial score (nSPS) is 12.1. The lowest BCUT2D eigenvalue weighted by molar-refractivity contribution is 1.13. The van der Waals surface area contributed by atoms with E-state index in [-0.39, 0.29) is 0 Å². The van der Waals surface area contributed by atoms with Crippen LogP contribution < -0.4 is 15.9 Å². The molecule has 4 rings (SSSR count). The van der Waals surface area contributed by atoms with Crippen molar-refractivity contribution in [1.82, 2.24) is 0 Å². The third-order valence-corrected chi connectivity index (χ3v) is 9.04. The third kappa shape index (κ3) is 4.82. The SMILES string of the molecule is CC(=CC=P(c1ccccc1)(c1ccccc1)c1ccccc1)N=Nc1ccccc1. The van der Waals surface area contributed by atoms with Crippen LogP contribution in [0.1, 0.15) is 6.92 Å². The predicted octanol–water partition coefficient (Wildman–Crippen LogP) is 6.47. The van der Waals surface area contributed by atoms with Crippen LogP contribution in [0.15, 0.2) is 143 Å². The Morgan fingerprint density at radius 3 is 1.39 bits per heavy atom. The van der Waals surface area contributed by atoms with Crippen LogP contribution in [0.2, 0.25) is 0 Å². The van der Waals surface area contributed by atoms with Crippen molar-refractivity contribution in [3.05, 3.63) is 133 Å². The zero-order valence-electron chi connectivity index (χ0n) is 17.5. The van der Waals surface area contributed by atoms with Gasteiger partial charge in [-0.15, -0.1) is 0 Å². The molecule has 3 heteroatoms. The molecule has 0 N–H and O–H groups in total. The van der Waals surface area contributed by atoms with Gasteiger partial charge in [-0.2, -0.15) is 10.2 Å². The van der Waals surface area contributed by atoms with E-state index in [1.165, 1.54) is 15.9 Å². The first kappa shape index (κ1) is 20.8. The van der Waals surface area contributed by atoms with Crippen LogP contribution in [0.5, 0.6) is 0 Å². The maximum Gasteiger partial charge on any atom is 0.0856 e. The summed E-state index contributed by atoms with van der Waals surface area (Å²) in [7, 11) is 0. The van der Waals surface area contributed by atoms with Gasteiger partial charge in [-0.25, -0.2) is 0 Å². The fraction of sp³-hybridized carbons (Fsp3) is 0.0357. The fourth-order valence-corrected chi connectivity index (χ4v) is 7.36. The van der Waals surface area contributed by atoms with Gasteiger partial charge in [-0.05, 0) is 47.9 Å². The van der Waals surface area contributed by atoms with Gasteiger partial charge < -0.3 is 0 Å². The smallest absolute Gasteiger partial charge is 0.0856 e. The Balaban J connectivity index is 1.91. The third-order valence-electron chi connectivity index (χ3n) is 5.11. The topological polar surface area (TPSA) is 24.7 Å². The van der Waals surface area contributed by atoms with Crippen molar-refractivity contribution in [3.8, 4) is 0 Å². The zero-order chi connectivity index (χ0) is 21.4. The second kappa shape index (κ2) is 10.0. The molecule has 4 aromatic rings. The van der Waals surface area contributed by atoms with Crippen molar-refractivity contribution in [2.75, 3.05) is 0 Å². The van der Waals surface area contributed by atoms with Gasteiger partial charge in [0, 0.05) is 0 Å². The highest BCUT2D eigenvalue weighted by Gasteiger charge is 2.23. The molecule has 0 heterocycles. The van der Waals surface area contributed by atoms with Crippen LogP contribution in [0.4, 0.5) is 5.69 Å². The zero-order valence-corrected chi connectivity index (χ0v) is 18.4. The summed E-state index contributed by atoms with van der Waals surface area (Å²) >= 11 is 0. The van der Waals surface area contributed by atoms with Crippen molar-refractivity contribution in [2.45, 2.75) is 6.92 Å². The Morgan fingerprint density at radius 2 is 0.968 bits per heavy atom.